The van der Waals surface area contributed by atoms with E-state index in [0.717, 1.165) is 61.8 Å². The fourth-order valence-corrected chi connectivity index (χ4v) is 3.65. The summed E-state index contributed by atoms with van der Waals surface area (Å²) in [5, 5.41) is 0. The van der Waals surface area contributed by atoms with Crippen molar-refractivity contribution in [2.45, 2.75) is 19.8 Å². The summed E-state index contributed by atoms with van der Waals surface area (Å²) in [6, 6.07) is 10.0. The molecule has 1 saturated heterocycles. The zero-order valence-electron chi connectivity index (χ0n) is 15.1. The van der Waals surface area contributed by atoms with Gasteiger partial charge in [-0.05, 0) is 24.5 Å². The van der Waals surface area contributed by atoms with Gasteiger partial charge in [0, 0.05) is 37.9 Å². The number of hydrogen-bond donors (Lipinski definition) is 0. The van der Waals surface area contributed by atoms with Crippen molar-refractivity contribution in [2.75, 3.05) is 37.7 Å². The number of fused-ring (bicyclic) bond motifs is 1. The molecule has 2 aliphatic rings. The maximum Gasteiger partial charge on any atom is 0.229 e. The van der Waals surface area contributed by atoms with Crippen molar-refractivity contribution in [2.24, 2.45) is 5.92 Å². The third-order valence-electron chi connectivity index (χ3n) is 5.22. The summed E-state index contributed by atoms with van der Waals surface area (Å²) in [4.78, 5) is 25.8. The number of hydrogen-bond acceptors (Lipinski definition) is 5. The topological polar surface area (TPSA) is 58.6 Å². The van der Waals surface area contributed by atoms with Crippen LogP contribution in [-0.2, 0) is 17.6 Å². The Balaban J connectivity index is 1.37. The highest BCUT2D eigenvalue weighted by Gasteiger charge is 2.31. The monoisotopic (exact) mass is 352 g/mol. The van der Waals surface area contributed by atoms with Gasteiger partial charge < -0.3 is 14.5 Å². The SMILES string of the molecule is CCc1cc(N2CCN(C(=O)C3COc4ccccc4C3)CC2)ncn1. The number of benzene rings is 1. The van der Waals surface area contributed by atoms with E-state index in [2.05, 4.69) is 21.8 Å². The summed E-state index contributed by atoms with van der Waals surface area (Å²) in [6.45, 7) is 5.62. The van der Waals surface area contributed by atoms with Crippen LogP contribution in [0.3, 0.4) is 0 Å². The third-order valence-corrected chi connectivity index (χ3v) is 5.22. The minimum atomic E-state index is -0.0813. The Bertz CT molecular complexity index is 787. The maximum absolute atomic E-state index is 12.9. The molecule has 1 aromatic carbocycles. The summed E-state index contributed by atoms with van der Waals surface area (Å²) in [6.07, 6.45) is 3.29. The Hall–Kier alpha value is -2.63. The van der Waals surface area contributed by atoms with Crippen LogP contribution in [0.5, 0.6) is 5.75 Å². The standard InChI is InChI=1S/C20H24N4O2/c1-2-17-12-19(22-14-21-17)23-7-9-24(10-8-23)20(25)16-11-15-5-3-4-6-18(15)26-13-16/h3-6,12,14,16H,2,7-11,13H2,1H3. The molecule has 1 fully saturated rings. The molecule has 0 spiro atoms. The predicted molar refractivity (Wildman–Crippen MR) is 99.3 cm³/mol. The zero-order valence-corrected chi connectivity index (χ0v) is 15.1. The predicted octanol–water partition coefficient (Wildman–Crippen LogP) is 1.94. The highest BCUT2D eigenvalue weighted by Crippen LogP contribution is 2.28. The van der Waals surface area contributed by atoms with E-state index in [1.54, 1.807) is 6.33 Å². The summed E-state index contributed by atoms with van der Waals surface area (Å²) < 4.78 is 5.79. The van der Waals surface area contributed by atoms with E-state index in [1.807, 2.05) is 35.2 Å². The number of carbonyl (C=O) groups excluding carboxylic acids is 1. The van der Waals surface area contributed by atoms with Crippen molar-refractivity contribution in [1.29, 1.82) is 0 Å². The highest BCUT2D eigenvalue weighted by molar-refractivity contribution is 5.80. The highest BCUT2D eigenvalue weighted by atomic mass is 16.5. The smallest absolute Gasteiger partial charge is 0.229 e. The summed E-state index contributed by atoms with van der Waals surface area (Å²) in [5.41, 5.74) is 2.18. The number of amides is 1. The van der Waals surface area contributed by atoms with E-state index in [-0.39, 0.29) is 11.8 Å². The van der Waals surface area contributed by atoms with Crippen LogP contribution in [0, 0.1) is 5.92 Å². The van der Waals surface area contributed by atoms with E-state index in [1.165, 1.54) is 0 Å². The molecule has 1 unspecified atom stereocenters. The first kappa shape index (κ1) is 16.8. The van der Waals surface area contributed by atoms with Gasteiger partial charge in [-0.1, -0.05) is 25.1 Å². The van der Waals surface area contributed by atoms with Gasteiger partial charge >= 0.3 is 0 Å². The molecule has 4 rings (SSSR count). The minimum Gasteiger partial charge on any atom is -0.492 e. The van der Waals surface area contributed by atoms with Gasteiger partial charge in [0.1, 0.15) is 24.5 Å². The summed E-state index contributed by atoms with van der Waals surface area (Å²) >= 11 is 0. The molecular weight excluding hydrogens is 328 g/mol. The van der Waals surface area contributed by atoms with Crippen LogP contribution in [0.1, 0.15) is 18.2 Å². The van der Waals surface area contributed by atoms with Gasteiger partial charge in [0.15, 0.2) is 0 Å². The Morgan fingerprint density at radius 3 is 2.81 bits per heavy atom. The van der Waals surface area contributed by atoms with E-state index in [9.17, 15) is 4.79 Å². The molecule has 26 heavy (non-hydrogen) atoms. The summed E-state index contributed by atoms with van der Waals surface area (Å²) in [5.74, 6) is 1.99. The third kappa shape index (κ3) is 3.36. The van der Waals surface area contributed by atoms with Crippen molar-refractivity contribution in [3.05, 3.63) is 47.9 Å². The van der Waals surface area contributed by atoms with Crippen LogP contribution in [-0.4, -0.2) is 53.6 Å². The number of rotatable bonds is 3. The largest absolute Gasteiger partial charge is 0.492 e. The fourth-order valence-electron chi connectivity index (χ4n) is 3.65. The van der Waals surface area contributed by atoms with Crippen LogP contribution in [0.4, 0.5) is 5.82 Å². The normalized spacial score (nSPS) is 19.7. The average Bonchev–Trinajstić information content (AvgIpc) is 2.73. The molecule has 3 heterocycles. The lowest BCUT2D eigenvalue weighted by atomic mass is 9.95. The number of carbonyl (C=O) groups is 1. The Morgan fingerprint density at radius 2 is 2.00 bits per heavy atom. The molecule has 2 aliphatic heterocycles. The Morgan fingerprint density at radius 1 is 1.19 bits per heavy atom. The fraction of sp³-hybridized carbons (Fsp3) is 0.450. The zero-order chi connectivity index (χ0) is 17.9. The summed E-state index contributed by atoms with van der Waals surface area (Å²) in [7, 11) is 0. The van der Waals surface area contributed by atoms with Crippen molar-refractivity contribution in [3.8, 4) is 5.75 Å². The number of nitrogens with zero attached hydrogens (tertiary/aromatic N) is 4. The van der Waals surface area contributed by atoms with Gasteiger partial charge in [0.05, 0.1) is 5.92 Å². The van der Waals surface area contributed by atoms with E-state index < -0.39 is 0 Å². The lowest BCUT2D eigenvalue weighted by molar-refractivity contribution is -0.137. The van der Waals surface area contributed by atoms with Crippen molar-refractivity contribution >= 4 is 11.7 Å². The quantitative estimate of drug-likeness (QED) is 0.845. The molecule has 6 heteroatoms. The molecule has 136 valence electrons. The van der Waals surface area contributed by atoms with Gasteiger partial charge in [-0.25, -0.2) is 9.97 Å². The second kappa shape index (κ2) is 7.32. The first-order valence-corrected chi connectivity index (χ1v) is 9.30. The number of ether oxygens (including phenoxy) is 1. The van der Waals surface area contributed by atoms with Gasteiger partial charge in [-0.2, -0.15) is 0 Å². The van der Waals surface area contributed by atoms with Crippen LogP contribution in [0.2, 0.25) is 0 Å². The van der Waals surface area contributed by atoms with Crippen LogP contribution < -0.4 is 9.64 Å². The molecular formula is C20H24N4O2. The van der Waals surface area contributed by atoms with Crippen molar-refractivity contribution in [3.63, 3.8) is 0 Å². The molecule has 1 aromatic heterocycles. The molecule has 1 atom stereocenters. The first-order valence-electron chi connectivity index (χ1n) is 9.30. The molecule has 6 nitrogen and oxygen atoms in total. The van der Waals surface area contributed by atoms with Gasteiger partial charge in [0.25, 0.3) is 0 Å². The molecule has 0 bridgehead atoms. The number of piperazine rings is 1. The van der Waals surface area contributed by atoms with E-state index >= 15 is 0 Å². The second-order valence-corrected chi connectivity index (χ2v) is 6.85. The average molecular weight is 352 g/mol. The van der Waals surface area contributed by atoms with Crippen molar-refractivity contribution < 1.29 is 9.53 Å². The number of anilines is 1. The molecule has 0 saturated carbocycles. The number of para-hydroxylation sites is 1. The lowest BCUT2D eigenvalue weighted by Crippen LogP contribution is -2.52. The van der Waals surface area contributed by atoms with Gasteiger partial charge in [-0.15, -0.1) is 0 Å². The van der Waals surface area contributed by atoms with Gasteiger partial charge in [0.2, 0.25) is 5.91 Å². The van der Waals surface area contributed by atoms with Crippen LogP contribution in [0.25, 0.3) is 0 Å². The maximum atomic E-state index is 12.9. The Kier molecular flexibility index (Phi) is 4.73. The minimum absolute atomic E-state index is 0.0813. The molecule has 0 N–H and O–H groups in total. The first-order chi connectivity index (χ1) is 12.7. The molecule has 0 aliphatic carbocycles. The van der Waals surface area contributed by atoms with E-state index in [0.29, 0.717) is 6.61 Å². The van der Waals surface area contributed by atoms with Crippen LogP contribution in [0.15, 0.2) is 36.7 Å². The number of aromatic nitrogens is 2. The van der Waals surface area contributed by atoms with Crippen LogP contribution >= 0.6 is 0 Å². The Labute approximate surface area is 153 Å². The lowest BCUT2D eigenvalue weighted by Gasteiger charge is -2.37. The molecule has 1 amide bonds. The van der Waals surface area contributed by atoms with Crippen molar-refractivity contribution in [1.82, 2.24) is 14.9 Å². The van der Waals surface area contributed by atoms with E-state index in [4.69, 9.17) is 4.74 Å². The second-order valence-electron chi connectivity index (χ2n) is 6.85. The number of aryl methyl sites for hydroxylation is 1. The van der Waals surface area contributed by atoms with Gasteiger partial charge in [-0.3, -0.25) is 4.79 Å². The molecule has 2 aromatic rings. The molecule has 0 radical (unpaired) electrons.